The Kier molecular flexibility index (Phi) is 5.63. The van der Waals surface area contributed by atoms with Gasteiger partial charge in [-0.05, 0) is 48.2 Å². The molecule has 0 aliphatic heterocycles. The van der Waals surface area contributed by atoms with Gasteiger partial charge in [-0.15, -0.1) is 0 Å². The zero-order valence-corrected chi connectivity index (χ0v) is 18.0. The Balaban J connectivity index is 1.65. The number of hydrogen-bond acceptors (Lipinski definition) is 4. The smallest absolute Gasteiger partial charge is 0.274 e. The lowest BCUT2D eigenvalue weighted by molar-refractivity contribution is 0.102. The molecule has 4 rings (SSSR count). The highest BCUT2D eigenvalue weighted by molar-refractivity contribution is 7.92. The largest absolute Gasteiger partial charge is 0.321 e. The molecule has 0 fully saturated rings. The average molecular weight is 452 g/mol. The third-order valence-electron chi connectivity index (χ3n) is 4.74. The minimum atomic E-state index is -3.93. The molecule has 3 aromatic carbocycles. The first kappa shape index (κ1) is 20.8. The number of aryl methyl sites for hydroxylation is 1. The van der Waals surface area contributed by atoms with Crippen molar-refractivity contribution >= 4 is 49.7 Å². The molecule has 6 nitrogen and oxygen atoms in total. The van der Waals surface area contributed by atoms with E-state index in [1.165, 1.54) is 6.07 Å². The van der Waals surface area contributed by atoms with Gasteiger partial charge in [0.1, 0.15) is 5.69 Å². The summed E-state index contributed by atoms with van der Waals surface area (Å²) < 4.78 is 28.4. The number of fused-ring (bicyclic) bond motifs is 1. The van der Waals surface area contributed by atoms with Crippen LogP contribution in [0.25, 0.3) is 10.8 Å². The molecule has 0 aliphatic carbocycles. The highest BCUT2D eigenvalue weighted by Crippen LogP contribution is 2.27. The Morgan fingerprint density at radius 3 is 2.52 bits per heavy atom. The Morgan fingerprint density at radius 1 is 0.968 bits per heavy atom. The molecule has 0 atom stereocenters. The first-order valence-corrected chi connectivity index (χ1v) is 11.2. The zero-order chi connectivity index (χ0) is 22.0. The van der Waals surface area contributed by atoms with Gasteiger partial charge in [0.25, 0.3) is 15.9 Å². The quantitative estimate of drug-likeness (QED) is 0.433. The molecule has 1 amide bonds. The van der Waals surface area contributed by atoms with Gasteiger partial charge in [0, 0.05) is 17.3 Å². The maximum absolute atomic E-state index is 13.0. The minimum absolute atomic E-state index is 0.0381. The average Bonchev–Trinajstić information content (AvgIpc) is 2.76. The lowest BCUT2D eigenvalue weighted by Gasteiger charge is -2.13. The standard InChI is InChI=1S/C23H18ClN3O3S/c1-15-10-11-17(14-21(15)31(29,30)27-20-9-5-4-8-19(20)24)26-23(28)22-18-7-3-2-6-16(18)12-13-25-22/h2-14,27H,1H3,(H,26,28). The molecule has 2 N–H and O–H groups in total. The Bertz CT molecular complexity index is 1400. The van der Waals surface area contributed by atoms with E-state index in [1.54, 1.807) is 49.5 Å². The van der Waals surface area contributed by atoms with E-state index in [0.29, 0.717) is 16.6 Å². The highest BCUT2D eigenvalue weighted by Gasteiger charge is 2.20. The minimum Gasteiger partial charge on any atom is -0.321 e. The summed E-state index contributed by atoms with van der Waals surface area (Å²) >= 11 is 6.08. The lowest BCUT2D eigenvalue weighted by Crippen LogP contribution is -2.17. The molecule has 0 bridgehead atoms. The van der Waals surface area contributed by atoms with Crippen LogP contribution in [0.4, 0.5) is 11.4 Å². The monoisotopic (exact) mass is 451 g/mol. The van der Waals surface area contributed by atoms with Crippen LogP contribution in [-0.2, 0) is 10.0 Å². The van der Waals surface area contributed by atoms with E-state index >= 15 is 0 Å². The van der Waals surface area contributed by atoms with Crippen molar-refractivity contribution < 1.29 is 13.2 Å². The third-order valence-corrected chi connectivity index (χ3v) is 6.58. The van der Waals surface area contributed by atoms with Gasteiger partial charge < -0.3 is 5.32 Å². The fourth-order valence-corrected chi connectivity index (χ4v) is 4.79. The molecule has 8 heteroatoms. The van der Waals surface area contributed by atoms with Crippen molar-refractivity contribution in [2.45, 2.75) is 11.8 Å². The predicted molar refractivity (Wildman–Crippen MR) is 123 cm³/mol. The molecule has 156 valence electrons. The summed E-state index contributed by atoms with van der Waals surface area (Å²) in [6.07, 6.45) is 1.57. The second kappa shape index (κ2) is 8.37. The highest BCUT2D eigenvalue weighted by atomic mass is 35.5. The number of sulfonamides is 1. The number of anilines is 2. The van der Waals surface area contributed by atoms with Gasteiger partial charge in [0.15, 0.2) is 0 Å². The van der Waals surface area contributed by atoms with Gasteiger partial charge in [0.05, 0.1) is 15.6 Å². The molecule has 0 aliphatic rings. The lowest BCUT2D eigenvalue weighted by atomic mass is 10.1. The summed E-state index contributed by atoms with van der Waals surface area (Å²) in [7, 11) is -3.93. The number of nitrogens with zero attached hydrogens (tertiary/aromatic N) is 1. The number of hydrogen-bond donors (Lipinski definition) is 2. The number of halogens is 1. The summed E-state index contributed by atoms with van der Waals surface area (Å²) in [5, 5.41) is 4.63. The molecular formula is C23H18ClN3O3S. The zero-order valence-electron chi connectivity index (χ0n) is 16.5. The van der Waals surface area contributed by atoms with Crippen molar-refractivity contribution in [3.05, 3.63) is 95.3 Å². The number of amides is 1. The van der Waals surface area contributed by atoms with Gasteiger partial charge in [-0.3, -0.25) is 14.5 Å². The van der Waals surface area contributed by atoms with E-state index in [1.807, 2.05) is 30.3 Å². The SMILES string of the molecule is Cc1ccc(NC(=O)c2nccc3ccccc23)cc1S(=O)(=O)Nc1ccccc1Cl. The Morgan fingerprint density at radius 2 is 1.71 bits per heavy atom. The van der Waals surface area contributed by atoms with Crippen molar-refractivity contribution in [1.82, 2.24) is 4.98 Å². The summed E-state index contributed by atoms with van der Waals surface area (Å²) in [5.74, 6) is -0.428. The predicted octanol–water partition coefficient (Wildman–Crippen LogP) is 5.25. The van der Waals surface area contributed by atoms with E-state index in [4.69, 9.17) is 11.6 Å². The second-order valence-electron chi connectivity index (χ2n) is 6.90. The summed E-state index contributed by atoms with van der Waals surface area (Å²) in [6.45, 7) is 1.68. The van der Waals surface area contributed by atoms with E-state index < -0.39 is 15.9 Å². The van der Waals surface area contributed by atoms with Gasteiger partial charge in [0.2, 0.25) is 0 Å². The van der Waals surface area contributed by atoms with Crippen molar-refractivity contribution in [3.63, 3.8) is 0 Å². The second-order valence-corrected chi connectivity index (χ2v) is 8.96. The van der Waals surface area contributed by atoms with Gasteiger partial charge in [-0.1, -0.05) is 54.1 Å². The molecule has 0 saturated heterocycles. The Labute approximate surface area is 185 Å². The van der Waals surface area contributed by atoms with E-state index in [0.717, 1.165) is 5.39 Å². The van der Waals surface area contributed by atoms with Crippen LogP contribution in [0.15, 0.2) is 83.9 Å². The topological polar surface area (TPSA) is 88.2 Å². The summed E-state index contributed by atoms with van der Waals surface area (Å²) in [4.78, 5) is 17.1. The van der Waals surface area contributed by atoms with Crippen LogP contribution in [0.1, 0.15) is 16.1 Å². The van der Waals surface area contributed by atoms with E-state index in [2.05, 4.69) is 15.0 Å². The van der Waals surface area contributed by atoms with Crippen LogP contribution in [-0.4, -0.2) is 19.3 Å². The number of rotatable bonds is 5. The number of nitrogens with one attached hydrogen (secondary N) is 2. The number of para-hydroxylation sites is 1. The first-order valence-electron chi connectivity index (χ1n) is 9.38. The molecule has 1 heterocycles. The summed E-state index contributed by atoms with van der Waals surface area (Å²) in [5.41, 5.74) is 1.40. The van der Waals surface area contributed by atoms with Gasteiger partial charge in [-0.25, -0.2) is 8.42 Å². The molecule has 0 spiro atoms. The first-order chi connectivity index (χ1) is 14.8. The maximum atomic E-state index is 13.0. The van der Waals surface area contributed by atoms with Gasteiger partial charge >= 0.3 is 0 Å². The van der Waals surface area contributed by atoms with Crippen LogP contribution in [0.3, 0.4) is 0 Å². The van der Waals surface area contributed by atoms with Crippen molar-refractivity contribution in [2.75, 3.05) is 10.0 Å². The van der Waals surface area contributed by atoms with Crippen molar-refractivity contribution in [1.29, 1.82) is 0 Å². The molecular weight excluding hydrogens is 434 g/mol. The number of benzene rings is 3. The fourth-order valence-electron chi connectivity index (χ4n) is 3.20. The summed E-state index contributed by atoms with van der Waals surface area (Å²) in [6, 6.07) is 20.5. The molecule has 31 heavy (non-hydrogen) atoms. The maximum Gasteiger partial charge on any atom is 0.274 e. The molecule has 0 saturated carbocycles. The Hall–Kier alpha value is -3.42. The van der Waals surface area contributed by atoms with Crippen LogP contribution < -0.4 is 10.0 Å². The molecule has 1 aromatic heterocycles. The third kappa shape index (κ3) is 4.38. The normalized spacial score (nSPS) is 11.3. The van der Waals surface area contributed by atoms with Crippen LogP contribution in [0, 0.1) is 6.92 Å². The van der Waals surface area contributed by atoms with Crippen LogP contribution in [0.5, 0.6) is 0 Å². The number of carbonyl (C=O) groups excluding carboxylic acids is 1. The van der Waals surface area contributed by atoms with Crippen molar-refractivity contribution in [3.8, 4) is 0 Å². The molecule has 0 unspecified atom stereocenters. The van der Waals surface area contributed by atoms with Crippen molar-refractivity contribution in [2.24, 2.45) is 0 Å². The number of aromatic nitrogens is 1. The van der Waals surface area contributed by atoms with E-state index in [-0.39, 0.29) is 21.3 Å². The number of pyridine rings is 1. The number of carbonyl (C=O) groups is 1. The molecule has 0 radical (unpaired) electrons. The van der Waals surface area contributed by atoms with Crippen LogP contribution >= 0.6 is 11.6 Å². The van der Waals surface area contributed by atoms with Gasteiger partial charge in [-0.2, -0.15) is 0 Å². The fraction of sp³-hybridized carbons (Fsp3) is 0.0435. The van der Waals surface area contributed by atoms with E-state index in [9.17, 15) is 13.2 Å². The molecule has 4 aromatic rings. The van der Waals surface area contributed by atoms with Crippen LogP contribution in [0.2, 0.25) is 5.02 Å².